The standard InChI is InChI=1S/C16H18FN3O4S/c1-11-4-6-14(13(17)8-11)18-15(21)10-20-9-12(5-7-16(20)22)25(23,24)19(2)3/h4-9H,10H2,1-3H3,(H,18,21). The van der Waals surface area contributed by atoms with Gasteiger partial charge >= 0.3 is 0 Å². The van der Waals surface area contributed by atoms with Crippen LogP contribution in [0.25, 0.3) is 0 Å². The molecule has 0 radical (unpaired) electrons. The number of benzene rings is 1. The molecule has 0 aliphatic carbocycles. The molecule has 0 spiro atoms. The van der Waals surface area contributed by atoms with E-state index in [1.807, 2.05) is 0 Å². The molecule has 1 amide bonds. The molecule has 1 aromatic heterocycles. The molecule has 0 aliphatic heterocycles. The highest BCUT2D eigenvalue weighted by molar-refractivity contribution is 7.89. The van der Waals surface area contributed by atoms with E-state index in [0.29, 0.717) is 5.56 Å². The molecule has 0 bridgehead atoms. The summed E-state index contributed by atoms with van der Waals surface area (Å²) in [6.45, 7) is 1.27. The largest absolute Gasteiger partial charge is 0.322 e. The zero-order chi connectivity index (χ0) is 18.8. The summed E-state index contributed by atoms with van der Waals surface area (Å²) in [5.74, 6) is -1.24. The maximum absolute atomic E-state index is 13.8. The van der Waals surface area contributed by atoms with Crippen LogP contribution in [0.1, 0.15) is 5.56 Å². The van der Waals surface area contributed by atoms with E-state index in [1.165, 1.54) is 32.3 Å². The molecule has 134 valence electrons. The number of halogens is 1. The minimum Gasteiger partial charge on any atom is -0.322 e. The highest BCUT2D eigenvalue weighted by Gasteiger charge is 2.19. The first kappa shape index (κ1) is 18.8. The Morgan fingerprint density at radius 2 is 1.92 bits per heavy atom. The molecule has 2 aromatic rings. The first-order chi connectivity index (χ1) is 11.6. The number of anilines is 1. The number of hydrogen-bond donors (Lipinski definition) is 1. The molecule has 1 heterocycles. The number of pyridine rings is 1. The van der Waals surface area contributed by atoms with Gasteiger partial charge < -0.3 is 9.88 Å². The summed E-state index contributed by atoms with van der Waals surface area (Å²) in [7, 11) is -1.02. The number of carbonyl (C=O) groups is 1. The number of rotatable bonds is 5. The lowest BCUT2D eigenvalue weighted by Gasteiger charge is -2.13. The normalized spacial score (nSPS) is 11.6. The summed E-state index contributed by atoms with van der Waals surface area (Å²) in [6.07, 6.45) is 1.09. The van der Waals surface area contributed by atoms with Gasteiger partial charge in [0.25, 0.3) is 5.56 Å². The number of nitrogens with zero attached hydrogens (tertiary/aromatic N) is 2. The van der Waals surface area contributed by atoms with E-state index >= 15 is 0 Å². The second kappa shape index (κ2) is 7.16. The Labute approximate surface area is 144 Å². The number of hydrogen-bond acceptors (Lipinski definition) is 4. The van der Waals surface area contributed by atoms with Gasteiger partial charge in [-0.3, -0.25) is 9.59 Å². The number of amides is 1. The van der Waals surface area contributed by atoms with Crippen molar-refractivity contribution < 1.29 is 17.6 Å². The minimum absolute atomic E-state index is 0.0132. The fourth-order valence-electron chi connectivity index (χ4n) is 2.06. The molecular weight excluding hydrogens is 349 g/mol. The second-order valence-electron chi connectivity index (χ2n) is 5.65. The van der Waals surface area contributed by atoms with Crippen molar-refractivity contribution in [2.24, 2.45) is 0 Å². The van der Waals surface area contributed by atoms with Crippen molar-refractivity contribution in [1.29, 1.82) is 0 Å². The van der Waals surface area contributed by atoms with Gasteiger partial charge in [-0.25, -0.2) is 17.1 Å². The zero-order valence-corrected chi connectivity index (χ0v) is 14.8. The van der Waals surface area contributed by atoms with Crippen molar-refractivity contribution in [2.45, 2.75) is 18.4 Å². The molecule has 0 fully saturated rings. The summed E-state index contributed by atoms with van der Waals surface area (Å²) in [4.78, 5) is 23.8. The van der Waals surface area contributed by atoms with Crippen LogP contribution in [-0.4, -0.2) is 37.3 Å². The number of sulfonamides is 1. The molecule has 0 saturated carbocycles. The van der Waals surface area contributed by atoms with E-state index in [1.54, 1.807) is 13.0 Å². The summed E-state index contributed by atoms with van der Waals surface area (Å²) >= 11 is 0. The van der Waals surface area contributed by atoms with Crippen LogP contribution < -0.4 is 10.9 Å². The van der Waals surface area contributed by atoms with Crippen LogP contribution in [0, 0.1) is 12.7 Å². The lowest BCUT2D eigenvalue weighted by atomic mass is 10.2. The minimum atomic E-state index is -3.74. The fourth-order valence-corrected chi connectivity index (χ4v) is 2.98. The van der Waals surface area contributed by atoms with Crippen LogP contribution in [0.5, 0.6) is 0 Å². The van der Waals surface area contributed by atoms with Gasteiger partial charge in [-0.2, -0.15) is 0 Å². The van der Waals surface area contributed by atoms with Gasteiger partial charge in [-0.15, -0.1) is 0 Å². The van der Waals surface area contributed by atoms with Crippen LogP contribution in [0.3, 0.4) is 0 Å². The van der Waals surface area contributed by atoms with Crippen molar-refractivity contribution >= 4 is 21.6 Å². The lowest BCUT2D eigenvalue weighted by molar-refractivity contribution is -0.116. The predicted molar refractivity (Wildman–Crippen MR) is 91.3 cm³/mol. The van der Waals surface area contributed by atoms with Crippen LogP contribution in [0.4, 0.5) is 10.1 Å². The number of aryl methyl sites for hydroxylation is 1. The van der Waals surface area contributed by atoms with E-state index in [0.717, 1.165) is 21.1 Å². The summed E-state index contributed by atoms with van der Waals surface area (Å²) in [6, 6.07) is 6.56. The molecule has 1 aromatic carbocycles. The van der Waals surface area contributed by atoms with Gasteiger partial charge in [0.1, 0.15) is 12.4 Å². The van der Waals surface area contributed by atoms with Gasteiger partial charge in [0.15, 0.2) is 0 Å². The molecule has 0 aliphatic rings. The summed E-state index contributed by atoms with van der Waals surface area (Å²) in [5.41, 5.74) is 0.145. The first-order valence-corrected chi connectivity index (χ1v) is 8.74. The highest BCUT2D eigenvalue weighted by Crippen LogP contribution is 2.15. The average molecular weight is 367 g/mol. The molecule has 1 N–H and O–H groups in total. The molecule has 0 saturated heterocycles. The second-order valence-corrected chi connectivity index (χ2v) is 7.80. The third kappa shape index (κ3) is 4.31. The van der Waals surface area contributed by atoms with Crippen LogP contribution >= 0.6 is 0 Å². The van der Waals surface area contributed by atoms with E-state index in [-0.39, 0.29) is 10.6 Å². The third-order valence-corrected chi connectivity index (χ3v) is 5.25. The topological polar surface area (TPSA) is 88.5 Å². The van der Waals surface area contributed by atoms with Gasteiger partial charge in [0.2, 0.25) is 15.9 Å². The SMILES string of the molecule is Cc1ccc(NC(=O)Cn2cc(S(=O)(=O)N(C)C)ccc2=O)c(F)c1. The van der Waals surface area contributed by atoms with Crippen molar-refractivity contribution in [3.8, 4) is 0 Å². The van der Waals surface area contributed by atoms with Gasteiger partial charge in [0, 0.05) is 26.4 Å². The van der Waals surface area contributed by atoms with Crippen LogP contribution in [-0.2, 0) is 21.4 Å². The van der Waals surface area contributed by atoms with Crippen LogP contribution in [0.2, 0.25) is 0 Å². The monoisotopic (exact) mass is 367 g/mol. The van der Waals surface area contributed by atoms with E-state index in [2.05, 4.69) is 5.32 Å². The Hall–Kier alpha value is -2.52. The van der Waals surface area contributed by atoms with E-state index < -0.39 is 33.9 Å². The molecule has 2 rings (SSSR count). The van der Waals surface area contributed by atoms with Crippen molar-refractivity contribution in [2.75, 3.05) is 19.4 Å². The molecule has 0 unspecified atom stereocenters. The van der Waals surface area contributed by atoms with Gasteiger partial charge in [-0.05, 0) is 30.7 Å². The Bertz CT molecular complexity index is 968. The average Bonchev–Trinajstić information content (AvgIpc) is 2.52. The van der Waals surface area contributed by atoms with Gasteiger partial charge in [-0.1, -0.05) is 6.07 Å². The molecule has 0 atom stereocenters. The Kier molecular flexibility index (Phi) is 5.39. The quantitative estimate of drug-likeness (QED) is 0.860. The Morgan fingerprint density at radius 1 is 1.24 bits per heavy atom. The molecular formula is C16H18FN3O4S. The van der Waals surface area contributed by atoms with Crippen molar-refractivity contribution in [3.05, 3.63) is 58.3 Å². The summed E-state index contributed by atoms with van der Waals surface area (Å²) < 4.78 is 39.9. The zero-order valence-electron chi connectivity index (χ0n) is 14.0. The fraction of sp³-hybridized carbons (Fsp3) is 0.250. The number of aromatic nitrogens is 1. The van der Waals surface area contributed by atoms with Crippen molar-refractivity contribution in [1.82, 2.24) is 8.87 Å². The first-order valence-electron chi connectivity index (χ1n) is 7.30. The highest BCUT2D eigenvalue weighted by atomic mass is 32.2. The number of nitrogens with one attached hydrogen (secondary N) is 1. The Morgan fingerprint density at radius 3 is 2.52 bits per heavy atom. The molecule has 25 heavy (non-hydrogen) atoms. The third-order valence-electron chi connectivity index (χ3n) is 3.45. The maximum atomic E-state index is 13.8. The predicted octanol–water partition coefficient (Wildman–Crippen LogP) is 1.18. The van der Waals surface area contributed by atoms with Crippen LogP contribution in [0.15, 0.2) is 46.2 Å². The Balaban J connectivity index is 2.25. The van der Waals surface area contributed by atoms with E-state index in [9.17, 15) is 22.4 Å². The maximum Gasteiger partial charge on any atom is 0.251 e. The number of carbonyl (C=O) groups excluding carboxylic acids is 1. The molecule has 9 heteroatoms. The van der Waals surface area contributed by atoms with E-state index in [4.69, 9.17) is 0 Å². The van der Waals surface area contributed by atoms with Crippen molar-refractivity contribution in [3.63, 3.8) is 0 Å². The lowest BCUT2D eigenvalue weighted by Crippen LogP contribution is -2.29. The van der Waals surface area contributed by atoms with Gasteiger partial charge in [0.05, 0.1) is 10.6 Å². The summed E-state index contributed by atoms with van der Waals surface area (Å²) in [5, 5.41) is 2.36. The smallest absolute Gasteiger partial charge is 0.251 e. The molecule has 7 nitrogen and oxygen atoms in total.